The van der Waals surface area contributed by atoms with Crippen LogP contribution in [0.25, 0.3) is 0 Å². The van der Waals surface area contributed by atoms with E-state index in [2.05, 4.69) is 0 Å². The lowest BCUT2D eigenvalue weighted by atomic mass is 10.0. The van der Waals surface area contributed by atoms with Crippen molar-refractivity contribution >= 4 is 5.78 Å². The van der Waals surface area contributed by atoms with Crippen molar-refractivity contribution in [3.8, 4) is 11.5 Å². The zero-order chi connectivity index (χ0) is 11.3. The SMILES string of the molecule is CCCC(=O)CCc1cccc(O)c1O. The van der Waals surface area contributed by atoms with Gasteiger partial charge >= 0.3 is 0 Å². The third-order valence-corrected chi connectivity index (χ3v) is 2.30. The Labute approximate surface area is 89.4 Å². The molecule has 0 amide bonds. The van der Waals surface area contributed by atoms with Gasteiger partial charge < -0.3 is 10.2 Å². The number of carbonyl (C=O) groups excluding carboxylic acids is 1. The van der Waals surface area contributed by atoms with Gasteiger partial charge in [-0.2, -0.15) is 0 Å². The number of aromatic hydroxyl groups is 2. The molecule has 1 aromatic rings. The lowest BCUT2D eigenvalue weighted by molar-refractivity contribution is -0.119. The predicted octanol–water partition coefficient (Wildman–Crippen LogP) is 2.40. The van der Waals surface area contributed by atoms with Crippen LogP contribution >= 0.6 is 0 Å². The molecule has 1 aromatic carbocycles. The molecule has 0 fully saturated rings. The number of hydrogen-bond acceptors (Lipinski definition) is 3. The van der Waals surface area contributed by atoms with Gasteiger partial charge in [0.15, 0.2) is 11.5 Å². The zero-order valence-corrected chi connectivity index (χ0v) is 8.86. The predicted molar refractivity (Wildman–Crippen MR) is 58.0 cm³/mol. The number of carbonyl (C=O) groups is 1. The molecule has 1 rings (SSSR count). The van der Waals surface area contributed by atoms with Gasteiger partial charge in [0.25, 0.3) is 0 Å². The molecule has 15 heavy (non-hydrogen) atoms. The van der Waals surface area contributed by atoms with E-state index in [4.69, 9.17) is 0 Å². The molecule has 0 spiro atoms. The van der Waals surface area contributed by atoms with Crippen molar-refractivity contribution in [1.82, 2.24) is 0 Å². The summed E-state index contributed by atoms with van der Waals surface area (Å²) in [4.78, 5) is 11.3. The average molecular weight is 208 g/mol. The van der Waals surface area contributed by atoms with E-state index in [1.54, 1.807) is 12.1 Å². The van der Waals surface area contributed by atoms with Crippen LogP contribution in [0.5, 0.6) is 11.5 Å². The van der Waals surface area contributed by atoms with Crippen LogP contribution in [0.4, 0.5) is 0 Å². The summed E-state index contributed by atoms with van der Waals surface area (Å²) >= 11 is 0. The van der Waals surface area contributed by atoms with E-state index in [1.165, 1.54) is 6.07 Å². The first-order valence-electron chi connectivity index (χ1n) is 5.16. The van der Waals surface area contributed by atoms with Crippen molar-refractivity contribution in [2.24, 2.45) is 0 Å². The molecule has 0 heterocycles. The van der Waals surface area contributed by atoms with E-state index < -0.39 is 0 Å². The summed E-state index contributed by atoms with van der Waals surface area (Å²) in [5, 5.41) is 18.7. The molecule has 0 atom stereocenters. The molecular weight excluding hydrogens is 192 g/mol. The molecule has 0 radical (unpaired) electrons. The molecule has 3 nitrogen and oxygen atoms in total. The van der Waals surface area contributed by atoms with Crippen molar-refractivity contribution < 1.29 is 15.0 Å². The van der Waals surface area contributed by atoms with E-state index in [-0.39, 0.29) is 17.3 Å². The molecule has 0 aliphatic heterocycles. The van der Waals surface area contributed by atoms with Crippen LogP contribution in [-0.4, -0.2) is 16.0 Å². The lowest BCUT2D eigenvalue weighted by Gasteiger charge is -2.05. The summed E-state index contributed by atoms with van der Waals surface area (Å²) in [7, 11) is 0. The van der Waals surface area contributed by atoms with Crippen LogP contribution in [-0.2, 0) is 11.2 Å². The third kappa shape index (κ3) is 3.27. The molecule has 0 saturated heterocycles. The highest BCUT2D eigenvalue weighted by atomic mass is 16.3. The number of phenolic OH excluding ortho intramolecular Hbond substituents is 2. The first-order valence-corrected chi connectivity index (χ1v) is 5.16. The Morgan fingerprint density at radius 1 is 1.27 bits per heavy atom. The quantitative estimate of drug-likeness (QED) is 0.730. The standard InChI is InChI=1S/C12H16O3/c1-2-4-10(13)8-7-9-5-3-6-11(14)12(9)15/h3,5-6,14-15H,2,4,7-8H2,1H3. The smallest absolute Gasteiger partial charge is 0.160 e. The van der Waals surface area contributed by atoms with E-state index in [0.29, 0.717) is 24.8 Å². The minimum atomic E-state index is -0.129. The van der Waals surface area contributed by atoms with Crippen LogP contribution in [0.1, 0.15) is 31.7 Å². The fraction of sp³-hybridized carbons (Fsp3) is 0.417. The van der Waals surface area contributed by atoms with Gasteiger partial charge in [-0.15, -0.1) is 0 Å². The Morgan fingerprint density at radius 3 is 2.67 bits per heavy atom. The van der Waals surface area contributed by atoms with Gasteiger partial charge in [-0.1, -0.05) is 19.1 Å². The summed E-state index contributed by atoms with van der Waals surface area (Å²) in [6.45, 7) is 1.96. The largest absolute Gasteiger partial charge is 0.504 e. The number of phenols is 2. The average Bonchev–Trinajstić information content (AvgIpc) is 2.21. The minimum Gasteiger partial charge on any atom is -0.504 e. The van der Waals surface area contributed by atoms with Crippen LogP contribution in [0.15, 0.2) is 18.2 Å². The van der Waals surface area contributed by atoms with Gasteiger partial charge in [-0.3, -0.25) is 4.79 Å². The molecule has 82 valence electrons. The molecule has 0 aliphatic carbocycles. The number of para-hydroxylation sites is 1. The summed E-state index contributed by atoms with van der Waals surface area (Å²) < 4.78 is 0. The Kier molecular flexibility index (Phi) is 4.16. The van der Waals surface area contributed by atoms with Crippen LogP contribution in [0.2, 0.25) is 0 Å². The summed E-state index contributed by atoms with van der Waals surface area (Å²) in [5.41, 5.74) is 0.624. The number of Topliss-reactive ketones (excluding diaryl/α,β-unsaturated/α-hetero) is 1. The molecule has 0 unspecified atom stereocenters. The van der Waals surface area contributed by atoms with Gasteiger partial charge in [0.05, 0.1) is 0 Å². The fourth-order valence-corrected chi connectivity index (χ4v) is 1.46. The molecule has 2 N–H and O–H groups in total. The maximum atomic E-state index is 11.3. The number of hydrogen-bond donors (Lipinski definition) is 2. The fourth-order valence-electron chi connectivity index (χ4n) is 1.46. The maximum Gasteiger partial charge on any atom is 0.160 e. The van der Waals surface area contributed by atoms with Crippen molar-refractivity contribution in [1.29, 1.82) is 0 Å². The van der Waals surface area contributed by atoms with Gasteiger partial charge in [0, 0.05) is 12.8 Å². The van der Waals surface area contributed by atoms with Gasteiger partial charge in [-0.25, -0.2) is 0 Å². The summed E-state index contributed by atoms with van der Waals surface area (Å²) in [6.07, 6.45) is 2.34. The second-order valence-corrected chi connectivity index (χ2v) is 3.57. The Hall–Kier alpha value is -1.51. The molecule has 0 aliphatic rings. The van der Waals surface area contributed by atoms with Crippen molar-refractivity contribution in [2.45, 2.75) is 32.6 Å². The Bertz CT molecular complexity index is 345. The highest BCUT2D eigenvalue weighted by molar-refractivity contribution is 5.78. The van der Waals surface area contributed by atoms with Crippen molar-refractivity contribution in [3.63, 3.8) is 0 Å². The third-order valence-electron chi connectivity index (χ3n) is 2.30. The van der Waals surface area contributed by atoms with Crippen molar-refractivity contribution in [2.75, 3.05) is 0 Å². The van der Waals surface area contributed by atoms with Gasteiger partial charge in [-0.05, 0) is 24.5 Å². The zero-order valence-electron chi connectivity index (χ0n) is 8.86. The van der Waals surface area contributed by atoms with Crippen LogP contribution in [0, 0.1) is 0 Å². The topological polar surface area (TPSA) is 57.5 Å². The number of benzene rings is 1. The molecule has 0 saturated carbocycles. The maximum absolute atomic E-state index is 11.3. The van der Waals surface area contributed by atoms with Gasteiger partial charge in [0.1, 0.15) is 5.78 Å². The van der Waals surface area contributed by atoms with E-state index >= 15 is 0 Å². The molecular formula is C12H16O3. The highest BCUT2D eigenvalue weighted by Crippen LogP contribution is 2.29. The summed E-state index contributed by atoms with van der Waals surface area (Å²) in [6, 6.07) is 4.80. The van der Waals surface area contributed by atoms with E-state index in [1.807, 2.05) is 6.92 Å². The van der Waals surface area contributed by atoms with Crippen molar-refractivity contribution in [3.05, 3.63) is 23.8 Å². The van der Waals surface area contributed by atoms with E-state index in [9.17, 15) is 15.0 Å². The minimum absolute atomic E-state index is 0.109. The number of rotatable bonds is 5. The molecule has 3 heteroatoms. The molecule has 0 bridgehead atoms. The summed E-state index contributed by atoms with van der Waals surface area (Å²) in [5.74, 6) is -0.0440. The van der Waals surface area contributed by atoms with E-state index in [0.717, 1.165) is 6.42 Å². The van der Waals surface area contributed by atoms with Crippen LogP contribution in [0.3, 0.4) is 0 Å². The molecule has 0 aromatic heterocycles. The highest BCUT2D eigenvalue weighted by Gasteiger charge is 2.07. The normalized spacial score (nSPS) is 10.2. The second kappa shape index (κ2) is 5.39. The first kappa shape index (κ1) is 11.6. The lowest BCUT2D eigenvalue weighted by Crippen LogP contribution is -1.99. The monoisotopic (exact) mass is 208 g/mol. The van der Waals surface area contributed by atoms with Gasteiger partial charge in [0.2, 0.25) is 0 Å². The Morgan fingerprint density at radius 2 is 2.00 bits per heavy atom. The Balaban J connectivity index is 2.58. The first-order chi connectivity index (χ1) is 7.15. The number of aryl methyl sites for hydroxylation is 1. The second-order valence-electron chi connectivity index (χ2n) is 3.57. The van der Waals surface area contributed by atoms with Crippen LogP contribution < -0.4 is 0 Å². The number of ketones is 1.